The van der Waals surface area contributed by atoms with Gasteiger partial charge in [-0.25, -0.2) is 14.4 Å². The first-order chi connectivity index (χ1) is 9.06. The normalized spacial score (nSPS) is 11.1. The number of hydrogen-bond acceptors (Lipinski definition) is 3. The predicted molar refractivity (Wildman–Crippen MR) is 73.3 cm³/mol. The minimum absolute atomic E-state index is 0.117. The van der Waals surface area contributed by atoms with Crippen molar-refractivity contribution in [1.29, 1.82) is 0 Å². The van der Waals surface area contributed by atoms with E-state index in [0.29, 0.717) is 21.2 Å². The van der Waals surface area contributed by atoms with Crippen LogP contribution in [0.1, 0.15) is 0 Å². The molecule has 2 N–H and O–H groups in total. The number of nitrogens with zero attached hydrogens (tertiary/aromatic N) is 3. The zero-order valence-electron chi connectivity index (χ0n) is 9.44. The Kier molecular flexibility index (Phi) is 2.80. The number of aromatic nitrogens is 3. The van der Waals surface area contributed by atoms with Crippen LogP contribution in [0, 0.1) is 5.82 Å². The van der Waals surface area contributed by atoms with E-state index < -0.39 is 5.82 Å². The molecule has 0 atom stereocenters. The summed E-state index contributed by atoms with van der Waals surface area (Å²) in [6.07, 6.45) is 1.45. The highest BCUT2D eigenvalue weighted by Crippen LogP contribution is 2.26. The molecule has 3 aromatic rings. The smallest absolute Gasteiger partial charge is 0.207 e. The highest BCUT2D eigenvalue weighted by molar-refractivity contribution is 6.31. The van der Waals surface area contributed by atoms with Crippen molar-refractivity contribution in [3.63, 3.8) is 0 Å². The molecule has 0 saturated carbocycles. The topological polar surface area (TPSA) is 56.7 Å². The van der Waals surface area contributed by atoms with Gasteiger partial charge in [-0.2, -0.15) is 0 Å². The summed E-state index contributed by atoms with van der Waals surface area (Å²) in [4.78, 5) is 8.23. The lowest BCUT2D eigenvalue weighted by atomic mass is 10.3. The second kappa shape index (κ2) is 4.36. The molecule has 0 amide bonds. The highest BCUT2D eigenvalue weighted by Gasteiger charge is 2.15. The number of hydrogen-bond donors (Lipinski definition) is 1. The summed E-state index contributed by atoms with van der Waals surface area (Å²) in [6.45, 7) is 0. The van der Waals surface area contributed by atoms with Gasteiger partial charge in [-0.3, -0.25) is 4.57 Å². The van der Waals surface area contributed by atoms with Gasteiger partial charge in [0.2, 0.25) is 5.95 Å². The third kappa shape index (κ3) is 2.01. The number of fused-ring (bicyclic) bond motifs is 1. The lowest BCUT2D eigenvalue weighted by molar-refractivity contribution is 0.619. The Hall–Kier alpha value is -1.85. The Morgan fingerprint density at radius 3 is 2.74 bits per heavy atom. The molecule has 0 bridgehead atoms. The molecule has 0 aliphatic rings. The van der Waals surface area contributed by atoms with Crippen LogP contribution in [0.2, 0.25) is 10.0 Å². The largest absolute Gasteiger partial charge is 0.369 e. The molecule has 2 aromatic heterocycles. The molecule has 0 unspecified atom stereocenters. The summed E-state index contributed by atoms with van der Waals surface area (Å²) < 4.78 is 15.3. The fraction of sp³-hybridized carbons (Fsp3) is 0. The van der Waals surface area contributed by atoms with Crippen LogP contribution in [0.25, 0.3) is 16.9 Å². The van der Waals surface area contributed by atoms with Crippen molar-refractivity contribution in [2.45, 2.75) is 0 Å². The van der Waals surface area contributed by atoms with Crippen LogP contribution in [0.15, 0.2) is 30.5 Å². The first-order valence-electron chi connectivity index (χ1n) is 5.31. The van der Waals surface area contributed by atoms with Crippen LogP contribution in [-0.4, -0.2) is 14.5 Å². The average Bonchev–Trinajstić information content (AvgIpc) is 2.67. The van der Waals surface area contributed by atoms with Gasteiger partial charge < -0.3 is 5.73 Å². The van der Waals surface area contributed by atoms with Crippen LogP contribution in [0.5, 0.6) is 0 Å². The van der Waals surface area contributed by atoms with E-state index >= 15 is 0 Å². The Labute approximate surface area is 117 Å². The number of pyridine rings is 1. The summed E-state index contributed by atoms with van der Waals surface area (Å²) in [5, 5.41) is 0.829. The van der Waals surface area contributed by atoms with E-state index in [-0.39, 0.29) is 11.6 Å². The second-order valence-electron chi connectivity index (χ2n) is 3.90. The van der Waals surface area contributed by atoms with Crippen LogP contribution in [-0.2, 0) is 0 Å². The van der Waals surface area contributed by atoms with Crippen LogP contribution >= 0.6 is 23.2 Å². The number of halogens is 3. The summed E-state index contributed by atoms with van der Waals surface area (Å²) in [6, 6.07) is 5.79. The predicted octanol–water partition coefficient (Wildman–Crippen LogP) is 3.45. The van der Waals surface area contributed by atoms with Crippen LogP contribution < -0.4 is 5.73 Å². The molecule has 0 aliphatic heterocycles. The van der Waals surface area contributed by atoms with E-state index in [1.807, 2.05) is 0 Å². The van der Waals surface area contributed by atoms with Gasteiger partial charge in [-0.15, -0.1) is 0 Å². The van der Waals surface area contributed by atoms with Gasteiger partial charge in [-0.1, -0.05) is 23.2 Å². The molecule has 2 heterocycles. The van der Waals surface area contributed by atoms with E-state index in [9.17, 15) is 4.39 Å². The molecule has 0 saturated heterocycles. The number of nitrogen functional groups attached to an aromatic ring is 1. The number of rotatable bonds is 1. The summed E-state index contributed by atoms with van der Waals surface area (Å²) in [5.74, 6) is -0.349. The molecule has 1 aromatic carbocycles. The molecule has 3 rings (SSSR count). The summed E-state index contributed by atoms with van der Waals surface area (Å²) in [5.41, 5.74) is 6.92. The maximum atomic E-state index is 13.9. The third-order valence-electron chi connectivity index (χ3n) is 2.64. The SMILES string of the molecule is Nc1nc2cc(Cl)cnc2n1-c1cc(Cl)ccc1F. The summed E-state index contributed by atoms with van der Waals surface area (Å²) >= 11 is 11.7. The lowest BCUT2D eigenvalue weighted by Crippen LogP contribution is -2.03. The van der Waals surface area contributed by atoms with Gasteiger partial charge in [0, 0.05) is 11.2 Å². The molecule has 7 heteroatoms. The van der Waals surface area contributed by atoms with Gasteiger partial charge in [0.05, 0.1) is 10.7 Å². The number of imidazole rings is 1. The number of anilines is 1. The van der Waals surface area contributed by atoms with E-state index in [1.165, 1.54) is 29.0 Å². The molecule has 0 fully saturated rings. The maximum absolute atomic E-state index is 13.9. The molecule has 19 heavy (non-hydrogen) atoms. The third-order valence-corrected chi connectivity index (χ3v) is 3.08. The Morgan fingerprint density at radius 2 is 1.95 bits per heavy atom. The molecule has 4 nitrogen and oxygen atoms in total. The first kappa shape index (κ1) is 12.2. The van der Waals surface area contributed by atoms with Crippen LogP contribution in [0.4, 0.5) is 10.3 Å². The average molecular weight is 297 g/mol. The van der Waals surface area contributed by atoms with Crippen molar-refractivity contribution in [3.8, 4) is 5.69 Å². The van der Waals surface area contributed by atoms with Crippen molar-refractivity contribution in [2.75, 3.05) is 5.73 Å². The Morgan fingerprint density at radius 1 is 1.16 bits per heavy atom. The minimum Gasteiger partial charge on any atom is -0.369 e. The standard InChI is InChI=1S/C12H7Cl2FN4/c13-6-1-2-8(15)10(4-6)19-11-9(18-12(19)16)3-7(14)5-17-11/h1-5H,(H2,16,18). The van der Waals surface area contributed by atoms with E-state index in [2.05, 4.69) is 9.97 Å². The first-order valence-corrected chi connectivity index (χ1v) is 6.07. The van der Waals surface area contributed by atoms with Crippen molar-refractivity contribution in [2.24, 2.45) is 0 Å². The lowest BCUT2D eigenvalue weighted by Gasteiger charge is -2.07. The fourth-order valence-corrected chi connectivity index (χ4v) is 2.17. The minimum atomic E-state index is -0.466. The highest BCUT2D eigenvalue weighted by atomic mass is 35.5. The van der Waals surface area contributed by atoms with Gasteiger partial charge >= 0.3 is 0 Å². The van der Waals surface area contributed by atoms with Crippen molar-refractivity contribution < 1.29 is 4.39 Å². The van der Waals surface area contributed by atoms with Gasteiger partial charge in [0.25, 0.3) is 0 Å². The molecule has 0 aliphatic carbocycles. The Bertz CT molecular complexity index is 785. The monoisotopic (exact) mass is 296 g/mol. The summed E-state index contributed by atoms with van der Waals surface area (Å²) in [7, 11) is 0. The van der Waals surface area contributed by atoms with Crippen molar-refractivity contribution in [3.05, 3.63) is 46.3 Å². The number of benzene rings is 1. The zero-order valence-corrected chi connectivity index (χ0v) is 11.0. The van der Waals surface area contributed by atoms with Crippen LogP contribution in [0.3, 0.4) is 0 Å². The molecular formula is C12H7Cl2FN4. The van der Waals surface area contributed by atoms with Crippen molar-refractivity contribution in [1.82, 2.24) is 14.5 Å². The quantitative estimate of drug-likeness (QED) is 0.748. The zero-order chi connectivity index (χ0) is 13.6. The molecule has 96 valence electrons. The van der Waals surface area contributed by atoms with Gasteiger partial charge in [-0.05, 0) is 24.3 Å². The van der Waals surface area contributed by atoms with E-state index in [0.717, 1.165) is 0 Å². The van der Waals surface area contributed by atoms with E-state index in [1.54, 1.807) is 6.07 Å². The fourth-order valence-electron chi connectivity index (χ4n) is 1.85. The van der Waals surface area contributed by atoms with E-state index in [4.69, 9.17) is 28.9 Å². The molecule has 0 spiro atoms. The molecular weight excluding hydrogens is 290 g/mol. The Balaban J connectivity index is 2.36. The molecule has 0 radical (unpaired) electrons. The van der Waals surface area contributed by atoms with Gasteiger partial charge in [0.1, 0.15) is 11.3 Å². The second-order valence-corrected chi connectivity index (χ2v) is 4.77. The van der Waals surface area contributed by atoms with Crippen molar-refractivity contribution >= 4 is 40.3 Å². The van der Waals surface area contributed by atoms with Gasteiger partial charge in [0.15, 0.2) is 5.65 Å². The number of nitrogens with two attached hydrogens (primary N) is 1. The maximum Gasteiger partial charge on any atom is 0.207 e.